The Bertz CT molecular complexity index is 774. The van der Waals surface area contributed by atoms with E-state index in [-0.39, 0.29) is 5.82 Å². The van der Waals surface area contributed by atoms with E-state index < -0.39 is 0 Å². The van der Waals surface area contributed by atoms with E-state index in [1.54, 1.807) is 24.5 Å². The van der Waals surface area contributed by atoms with Crippen molar-refractivity contribution in [2.75, 3.05) is 5.73 Å². The quantitative estimate of drug-likeness (QED) is 0.776. The monoisotopic (exact) mass is 281 g/mol. The molecule has 0 saturated carbocycles. The minimum Gasteiger partial charge on any atom is -0.385 e. The molecule has 0 aliphatic rings. The SMILES string of the molecule is Cc1c(-c2ccncc2)c(-c2ccc(F)cc2)c(N)n1C. The number of rotatable bonds is 2. The zero-order chi connectivity index (χ0) is 15.0. The Hall–Kier alpha value is -2.62. The Morgan fingerprint density at radius 1 is 0.952 bits per heavy atom. The predicted molar refractivity (Wildman–Crippen MR) is 83.2 cm³/mol. The third-order valence-corrected chi connectivity index (χ3v) is 3.83. The molecular formula is C17H16FN3. The summed E-state index contributed by atoms with van der Waals surface area (Å²) >= 11 is 0. The smallest absolute Gasteiger partial charge is 0.123 e. The molecule has 0 bridgehead atoms. The number of nitrogens with two attached hydrogens (primary N) is 1. The fraction of sp³-hybridized carbons (Fsp3) is 0.118. The first-order valence-electron chi connectivity index (χ1n) is 6.70. The second-order valence-electron chi connectivity index (χ2n) is 5.02. The van der Waals surface area contributed by atoms with E-state index in [9.17, 15) is 4.39 Å². The highest BCUT2D eigenvalue weighted by Crippen LogP contribution is 2.40. The van der Waals surface area contributed by atoms with Gasteiger partial charge in [0.2, 0.25) is 0 Å². The lowest BCUT2D eigenvalue weighted by molar-refractivity contribution is 0.628. The molecule has 21 heavy (non-hydrogen) atoms. The highest BCUT2D eigenvalue weighted by Gasteiger charge is 2.19. The van der Waals surface area contributed by atoms with Crippen LogP contribution in [0.15, 0.2) is 48.8 Å². The third kappa shape index (κ3) is 2.18. The van der Waals surface area contributed by atoms with E-state index in [1.165, 1.54) is 12.1 Å². The lowest BCUT2D eigenvalue weighted by atomic mass is 9.97. The van der Waals surface area contributed by atoms with Crippen molar-refractivity contribution in [3.63, 3.8) is 0 Å². The Kier molecular flexibility index (Phi) is 3.22. The summed E-state index contributed by atoms with van der Waals surface area (Å²) in [5, 5.41) is 0. The maximum Gasteiger partial charge on any atom is 0.123 e. The van der Waals surface area contributed by atoms with E-state index in [0.717, 1.165) is 27.9 Å². The second kappa shape index (κ2) is 5.05. The molecule has 2 N–H and O–H groups in total. The number of anilines is 1. The first-order valence-corrected chi connectivity index (χ1v) is 6.70. The minimum atomic E-state index is -0.254. The van der Waals surface area contributed by atoms with Crippen LogP contribution in [0.3, 0.4) is 0 Å². The van der Waals surface area contributed by atoms with Crippen LogP contribution in [0.25, 0.3) is 22.3 Å². The van der Waals surface area contributed by atoms with E-state index >= 15 is 0 Å². The van der Waals surface area contributed by atoms with Crippen molar-refractivity contribution in [3.8, 4) is 22.3 Å². The number of hydrogen-bond acceptors (Lipinski definition) is 2. The molecule has 0 unspecified atom stereocenters. The average molecular weight is 281 g/mol. The van der Waals surface area contributed by atoms with Crippen LogP contribution in [0.5, 0.6) is 0 Å². The number of aromatic nitrogens is 2. The van der Waals surface area contributed by atoms with Crippen molar-refractivity contribution in [1.82, 2.24) is 9.55 Å². The molecule has 0 spiro atoms. The molecule has 0 saturated heterocycles. The van der Waals surface area contributed by atoms with Crippen LogP contribution in [0.1, 0.15) is 5.69 Å². The van der Waals surface area contributed by atoms with Gasteiger partial charge in [0, 0.05) is 36.3 Å². The molecule has 0 aliphatic heterocycles. The van der Waals surface area contributed by atoms with Crippen molar-refractivity contribution in [1.29, 1.82) is 0 Å². The summed E-state index contributed by atoms with van der Waals surface area (Å²) in [6.45, 7) is 2.03. The minimum absolute atomic E-state index is 0.254. The number of pyridine rings is 1. The molecule has 0 fully saturated rings. The molecule has 3 rings (SSSR count). The summed E-state index contributed by atoms with van der Waals surface area (Å²) in [4.78, 5) is 4.06. The van der Waals surface area contributed by atoms with Gasteiger partial charge in [0.05, 0.1) is 0 Å². The van der Waals surface area contributed by atoms with Crippen LogP contribution in [-0.4, -0.2) is 9.55 Å². The van der Waals surface area contributed by atoms with Crippen LogP contribution in [0, 0.1) is 12.7 Å². The Labute approximate surface area is 122 Å². The van der Waals surface area contributed by atoms with E-state index in [2.05, 4.69) is 4.98 Å². The third-order valence-electron chi connectivity index (χ3n) is 3.83. The molecule has 0 aliphatic carbocycles. The highest BCUT2D eigenvalue weighted by molar-refractivity contribution is 5.92. The maximum atomic E-state index is 13.2. The molecule has 1 aromatic carbocycles. The molecule has 106 valence electrons. The topological polar surface area (TPSA) is 43.8 Å². The van der Waals surface area contributed by atoms with Crippen LogP contribution in [0.2, 0.25) is 0 Å². The Morgan fingerprint density at radius 2 is 1.52 bits per heavy atom. The van der Waals surface area contributed by atoms with Crippen molar-refractivity contribution in [2.45, 2.75) is 6.92 Å². The molecule has 2 heterocycles. The van der Waals surface area contributed by atoms with Gasteiger partial charge in [0.1, 0.15) is 11.6 Å². The summed E-state index contributed by atoms with van der Waals surface area (Å²) in [6.07, 6.45) is 3.51. The number of nitrogens with zero attached hydrogens (tertiary/aromatic N) is 2. The van der Waals surface area contributed by atoms with E-state index in [1.807, 2.05) is 30.7 Å². The molecule has 2 aromatic heterocycles. The number of halogens is 1. The number of nitrogen functional groups attached to an aromatic ring is 1. The normalized spacial score (nSPS) is 10.8. The van der Waals surface area contributed by atoms with Crippen LogP contribution >= 0.6 is 0 Å². The zero-order valence-corrected chi connectivity index (χ0v) is 12.0. The van der Waals surface area contributed by atoms with Crippen LogP contribution in [0.4, 0.5) is 10.2 Å². The van der Waals surface area contributed by atoms with Crippen LogP contribution < -0.4 is 5.73 Å². The summed E-state index contributed by atoms with van der Waals surface area (Å²) in [6, 6.07) is 10.3. The second-order valence-corrected chi connectivity index (χ2v) is 5.02. The lowest BCUT2D eigenvalue weighted by Crippen LogP contribution is -1.98. The van der Waals surface area contributed by atoms with Crippen molar-refractivity contribution in [3.05, 3.63) is 60.3 Å². The van der Waals surface area contributed by atoms with Crippen molar-refractivity contribution < 1.29 is 4.39 Å². The Morgan fingerprint density at radius 3 is 2.14 bits per heavy atom. The molecular weight excluding hydrogens is 265 g/mol. The lowest BCUT2D eigenvalue weighted by Gasteiger charge is -2.07. The summed E-state index contributed by atoms with van der Waals surface area (Å²) in [7, 11) is 1.93. The van der Waals surface area contributed by atoms with Gasteiger partial charge < -0.3 is 10.3 Å². The summed E-state index contributed by atoms with van der Waals surface area (Å²) in [5.41, 5.74) is 11.3. The predicted octanol–water partition coefficient (Wildman–Crippen LogP) is 3.78. The zero-order valence-electron chi connectivity index (χ0n) is 12.0. The van der Waals surface area contributed by atoms with E-state index in [0.29, 0.717) is 5.82 Å². The fourth-order valence-electron chi connectivity index (χ4n) is 2.61. The average Bonchev–Trinajstić information content (AvgIpc) is 2.73. The molecule has 0 atom stereocenters. The molecule has 3 nitrogen and oxygen atoms in total. The standard InChI is InChI=1S/C17H16FN3/c1-11-15(13-7-9-20-10-8-13)16(17(19)21(11)2)12-3-5-14(18)6-4-12/h3-10H,19H2,1-2H3. The summed E-state index contributed by atoms with van der Waals surface area (Å²) in [5.74, 6) is 0.418. The summed E-state index contributed by atoms with van der Waals surface area (Å²) < 4.78 is 15.1. The molecule has 4 heteroatoms. The largest absolute Gasteiger partial charge is 0.385 e. The van der Waals surface area contributed by atoms with Gasteiger partial charge in [-0.25, -0.2) is 4.39 Å². The molecule has 0 amide bonds. The maximum absolute atomic E-state index is 13.2. The van der Waals surface area contributed by atoms with Gasteiger partial charge in [0.15, 0.2) is 0 Å². The van der Waals surface area contributed by atoms with Gasteiger partial charge in [-0.05, 0) is 42.3 Å². The van der Waals surface area contributed by atoms with Gasteiger partial charge in [-0.1, -0.05) is 12.1 Å². The van der Waals surface area contributed by atoms with Gasteiger partial charge in [-0.15, -0.1) is 0 Å². The first kappa shape index (κ1) is 13.4. The van der Waals surface area contributed by atoms with Gasteiger partial charge in [0.25, 0.3) is 0 Å². The molecule has 3 aromatic rings. The van der Waals surface area contributed by atoms with Gasteiger partial charge in [-0.2, -0.15) is 0 Å². The highest BCUT2D eigenvalue weighted by atomic mass is 19.1. The Balaban J connectivity index is 2.30. The van der Waals surface area contributed by atoms with Gasteiger partial charge >= 0.3 is 0 Å². The van der Waals surface area contributed by atoms with Crippen LogP contribution in [-0.2, 0) is 7.05 Å². The van der Waals surface area contributed by atoms with E-state index in [4.69, 9.17) is 5.73 Å². The van der Waals surface area contributed by atoms with Crippen molar-refractivity contribution >= 4 is 5.82 Å². The molecule has 0 radical (unpaired) electrons. The number of hydrogen-bond donors (Lipinski definition) is 1. The number of benzene rings is 1. The first-order chi connectivity index (χ1) is 10.1. The van der Waals surface area contributed by atoms with Crippen molar-refractivity contribution in [2.24, 2.45) is 7.05 Å². The fourth-order valence-corrected chi connectivity index (χ4v) is 2.61. The van der Waals surface area contributed by atoms with Gasteiger partial charge in [-0.3, -0.25) is 4.98 Å².